The summed E-state index contributed by atoms with van der Waals surface area (Å²) in [7, 11) is 1.16. The van der Waals surface area contributed by atoms with Crippen molar-refractivity contribution < 1.29 is 13.2 Å². The molecule has 2 rings (SSSR count). The van der Waals surface area contributed by atoms with Gasteiger partial charge in [-0.1, -0.05) is 6.07 Å². The van der Waals surface area contributed by atoms with E-state index in [1.807, 2.05) is 0 Å². The maximum Gasteiger partial charge on any atom is 0.324 e. The summed E-state index contributed by atoms with van der Waals surface area (Å²) in [5, 5.41) is 0. The highest BCUT2D eigenvalue weighted by Crippen LogP contribution is 2.43. The Kier molecular flexibility index (Phi) is 2.43. The molecule has 7 heteroatoms. The molecule has 1 amide bonds. The lowest BCUT2D eigenvalue weighted by molar-refractivity contribution is -0.144. The minimum absolute atomic E-state index is 0.0932. The predicted molar refractivity (Wildman–Crippen MR) is 57.8 cm³/mol. The van der Waals surface area contributed by atoms with E-state index < -0.39 is 20.7 Å². The van der Waals surface area contributed by atoms with Crippen LogP contribution in [0.25, 0.3) is 0 Å². The zero-order chi connectivity index (χ0) is 12.0. The number of carbonyl (C=O) groups excluding carboxylic acids is 1. The molecular formula is C9H9ClN2O3S. The third-order valence-corrected chi connectivity index (χ3v) is 4.06. The summed E-state index contributed by atoms with van der Waals surface area (Å²) in [6.45, 7) is 1.62. The van der Waals surface area contributed by atoms with E-state index in [1.165, 1.54) is 0 Å². The van der Waals surface area contributed by atoms with Crippen LogP contribution in [0.4, 0.5) is 0 Å². The second kappa shape index (κ2) is 3.43. The van der Waals surface area contributed by atoms with Crippen LogP contribution in [0.3, 0.4) is 0 Å². The molecule has 0 bridgehead atoms. The fourth-order valence-corrected chi connectivity index (χ4v) is 3.50. The first-order valence-electron chi connectivity index (χ1n) is 4.55. The quantitative estimate of drug-likeness (QED) is 0.588. The number of nitrogens with zero attached hydrogens (tertiary/aromatic N) is 2. The number of hydrogen-bond acceptors (Lipinski definition) is 4. The van der Waals surface area contributed by atoms with Gasteiger partial charge in [-0.05, 0) is 19.1 Å². The molecule has 16 heavy (non-hydrogen) atoms. The largest absolute Gasteiger partial charge is 0.324 e. The Morgan fingerprint density at radius 2 is 2.19 bits per heavy atom. The van der Waals surface area contributed by atoms with E-state index in [0.29, 0.717) is 10.00 Å². The Hall–Kier alpha value is -1.14. The van der Waals surface area contributed by atoms with Crippen LogP contribution in [0.5, 0.6) is 0 Å². The highest BCUT2D eigenvalue weighted by atomic mass is 35.7. The molecule has 0 radical (unpaired) electrons. The van der Waals surface area contributed by atoms with Crippen LogP contribution in [0, 0.1) is 0 Å². The number of hydrogen-bond donors (Lipinski definition) is 0. The average Bonchev–Trinajstić information content (AvgIpc) is 2.15. The summed E-state index contributed by atoms with van der Waals surface area (Å²) >= 11 is 0. The summed E-state index contributed by atoms with van der Waals surface area (Å²) in [4.78, 5) is 15.4. The number of carbonyl (C=O) groups is 1. The van der Waals surface area contributed by atoms with Crippen LogP contribution in [-0.2, 0) is 19.6 Å². The van der Waals surface area contributed by atoms with Crippen LogP contribution in [0.1, 0.15) is 19.0 Å². The molecule has 0 aliphatic carbocycles. The van der Waals surface area contributed by atoms with Gasteiger partial charge in [-0.2, -0.15) is 8.42 Å². The Balaban J connectivity index is 2.46. The van der Waals surface area contributed by atoms with E-state index in [4.69, 9.17) is 10.7 Å². The summed E-state index contributed by atoms with van der Waals surface area (Å²) in [5.74, 6) is -0.511. The van der Waals surface area contributed by atoms with E-state index >= 15 is 0 Å². The lowest BCUT2D eigenvalue weighted by atomic mass is 9.85. The minimum atomic E-state index is -4.06. The van der Waals surface area contributed by atoms with Gasteiger partial charge >= 0.3 is 9.24 Å². The average molecular weight is 261 g/mol. The molecule has 0 aromatic carbocycles. The molecule has 5 nitrogen and oxygen atoms in total. The van der Waals surface area contributed by atoms with Crippen LogP contribution < -0.4 is 0 Å². The normalized spacial score (nSPS) is 25.4. The zero-order valence-electron chi connectivity index (χ0n) is 8.42. The molecule has 0 N–H and O–H groups in total. The first-order valence-corrected chi connectivity index (χ1v) is 6.82. The van der Waals surface area contributed by atoms with Crippen molar-refractivity contribution in [3.63, 3.8) is 0 Å². The van der Waals surface area contributed by atoms with Gasteiger partial charge in [-0.3, -0.25) is 9.78 Å². The molecule has 0 saturated carbocycles. The van der Waals surface area contributed by atoms with Crippen LogP contribution in [0.15, 0.2) is 24.4 Å². The number of amides is 1. The number of β-lactam (4-membered cyclic amide) rings is 1. The van der Waals surface area contributed by atoms with Crippen molar-refractivity contribution in [1.29, 1.82) is 0 Å². The van der Waals surface area contributed by atoms with Gasteiger partial charge in [0.05, 0.1) is 12.1 Å². The van der Waals surface area contributed by atoms with E-state index in [-0.39, 0.29) is 6.42 Å². The molecule has 1 aromatic heterocycles. The van der Waals surface area contributed by atoms with Gasteiger partial charge in [0.25, 0.3) is 0 Å². The fraction of sp³-hybridized carbons (Fsp3) is 0.333. The SMILES string of the molecule is CC1(c2ccccn2)CC(=O)N1S(=O)(=O)Cl. The van der Waals surface area contributed by atoms with Gasteiger partial charge in [0, 0.05) is 16.9 Å². The van der Waals surface area contributed by atoms with Crippen molar-refractivity contribution in [3.8, 4) is 0 Å². The molecule has 1 aromatic rings. The number of aromatic nitrogens is 1. The Morgan fingerprint density at radius 1 is 1.50 bits per heavy atom. The minimum Gasteiger partial charge on any atom is -0.274 e. The lowest BCUT2D eigenvalue weighted by Gasteiger charge is -2.46. The van der Waals surface area contributed by atoms with Gasteiger partial charge in [0.1, 0.15) is 5.54 Å². The number of pyridine rings is 1. The van der Waals surface area contributed by atoms with Crippen molar-refractivity contribution in [2.45, 2.75) is 18.9 Å². The topological polar surface area (TPSA) is 67.3 Å². The van der Waals surface area contributed by atoms with Gasteiger partial charge in [-0.15, -0.1) is 0 Å². The maximum absolute atomic E-state index is 11.3. The highest BCUT2D eigenvalue weighted by Gasteiger charge is 2.55. The van der Waals surface area contributed by atoms with E-state index in [1.54, 1.807) is 31.3 Å². The Morgan fingerprint density at radius 3 is 2.62 bits per heavy atom. The third kappa shape index (κ3) is 1.58. The lowest BCUT2D eigenvalue weighted by Crippen LogP contribution is -2.60. The van der Waals surface area contributed by atoms with Gasteiger partial charge in [0.15, 0.2) is 0 Å². The molecule has 1 atom stereocenters. The number of rotatable bonds is 2. The van der Waals surface area contributed by atoms with Gasteiger partial charge in [0.2, 0.25) is 5.91 Å². The van der Waals surface area contributed by atoms with Crippen molar-refractivity contribution >= 4 is 25.8 Å². The summed E-state index contributed by atoms with van der Waals surface area (Å²) < 4.78 is 23.2. The predicted octanol–water partition coefficient (Wildman–Crippen LogP) is 1.01. The summed E-state index contributed by atoms with van der Waals surface area (Å²) in [6.07, 6.45) is 1.64. The molecule has 1 unspecified atom stereocenters. The van der Waals surface area contributed by atoms with Crippen molar-refractivity contribution in [1.82, 2.24) is 9.29 Å². The summed E-state index contributed by atoms with van der Waals surface area (Å²) in [5.41, 5.74) is -0.447. The molecular weight excluding hydrogens is 252 g/mol. The van der Waals surface area contributed by atoms with Gasteiger partial charge in [-0.25, -0.2) is 4.31 Å². The van der Waals surface area contributed by atoms with E-state index in [2.05, 4.69) is 4.98 Å². The second-order valence-electron chi connectivity index (χ2n) is 3.77. The first kappa shape index (κ1) is 11.3. The number of halogens is 1. The second-order valence-corrected chi connectivity index (χ2v) is 6.13. The van der Waals surface area contributed by atoms with Crippen LogP contribution in [-0.4, -0.2) is 23.6 Å². The van der Waals surface area contributed by atoms with Crippen molar-refractivity contribution in [3.05, 3.63) is 30.1 Å². The van der Waals surface area contributed by atoms with Crippen molar-refractivity contribution in [2.24, 2.45) is 0 Å². The molecule has 1 aliphatic heterocycles. The molecule has 1 saturated heterocycles. The standard InChI is InChI=1S/C9H9ClN2O3S/c1-9(7-4-2-3-5-11-7)6-8(13)12(9)16(10,14)15/h2-5H,6H2,1H3. The molecule has 2 heterocycles. The Labute approximate surface area is 97.6 Å². The fourth-order valence-electron chi connectivity index (χ4n) is 1.86. The van der Waals surface area contributed by atoms with Crippen LogP contribution in [0.2, 0.25) is 0 Å². The highest BCUT2D eigenvalue weighted by molar-refractivity contribution is 8.12. The van der Waals surface area contributed by atoms with E-state index in [0.717, 1.165) is 0 Å². The Bertz CT molecular complexity index is 531. The maximum atomic E-state index is 11.3. The smallest absolute Gasteiger partial charge is 0.274 e. The van der Waals surface area contributed by atoms with Crippen LogP contribution >= 0.6 is 10.7 Å². The summed E-state index contributed by atoms with van der Waals surface area (Å²) in [6, 6.07) is 5.11. The molecule has 0 spiro atoms. The zero-order valence-corrected chi connectivity index (χ0v) is 9.99. The third-order valence-electron chi connectivity index (χ3n) is 2.60. The van der Waals surface area contributed by atoms with Gasteiger partial charge < -0.3 is 0 Å². The monoisotopic (exact) mass is 260 g/mol. The van der Waals surface area contributed by atoms with Crippen molar-refractivity contribution in [2.75, 3.05) is 0 Å². The van der Waals surface area contributed by atoms with E-state index in [9.17, 15) is 13.2 Å². The molecule has 86 valence electrons. The molecule has 1 aliphatic rings. The molecule has 1 fully saturated rings. The first-order chi connectivity index (χ1) is 7.36.